The van der Waals surface area contributed by atoms with E-state index in [0.717, 1.165) is 205 Å². The molecule has 0 heterocycles. The van der Waals surface area contributed by atoms with Gasteiger partial charge < -0.3 is 0 Å². The maximum atomic E-state index is 14.0. The lowest BCUT2D eigenvalue weighted by atomic mass is 10.1. The number of nitrogens with zero attached hydrogens (tertiary/aromatic N) is 6. The van der Waals surface area contributed by atoms with Crippen LogP contribution in [0.1, 0.15) is 231 Å². The van der Waals surface area contributed by atoms with E-state index in [1.807, 2.05) is 0 Å². The second-order valence-corrected chi connectivity index (χ2v) is 20.4. The molecule has 0 fully saturated rings. The number of unbranched alkanes of at least 4 members (excludes halogenated alkanes) is 32. The molecule has 57 heavy (non-hydrogen) atoms. The van der Waals surface area contributed by atoms with Crippen LogP contribution in [0.2, 0.25) is 0 Å². The summed E-state index contributed by atoms with van der Waals surface area (Å²) in [6.07, 6.45) is 34.4. The zero-order valence-electron chi connectivity index (χ0n) is 36.1. The maximum Gasteiger partial charge on any atom is 0.229 e. The highest BCUT2D eigenvalue weighted by atomic mass is 32.3. The smallest absolute Gasteiger partial charge is 0.211 e. The molecule has 0 aromatic rings. The van der Waals surface area contributed by atoms with Gasteiger partial charge in [-0.25, -0.2) is 25.4 Å². The van der Waals surface area contributed by atoms with Gasteiger partial charge in [-0.15, -0.1) is 0 Å². The molecule has 10 nitrogen and oxygen atoms in total. The van der Waals surface area contributed by atoms with Crippen molar-refractivity contribution >= 4 is 20.0 Å². The minimum absolute atomic E-state index is 0.353. The summed E-state index contributed by atoms with van der Waals surface area (Å²) in [5.74, 6) is 0. The second kappa shape index (κ2) is 40.6. The van der Waals surface area contributed by atoms with Gasteiger partial charge in [-0.3, -0.25) is 0 Å². The Morgan fingerprint density at radius 3 is 0.596 bits per heavy atom. The molecule has 0 bridgehead atoms. The topological polar surface area (TPSA) is 170 Å². The Kier molecular flexibility index (Phi) is 39.0. The lowest BCUT2D eigenvalue weighted by Gasteiger charge is -2.26. The van der Waals surface area contributed by atoms with Gasteiger partial charge in [0.2, 0.25) is 20.0 Å². The largest absolute Gasteiger partial charge is 0.229 e. The highest BCUT2D eigenvalue weighted by molar-refractivity contribution is 8.05. The number of nitriles is 4. The molecule has 328 valence electrons. The molecule has 0 unspecified atom stereocenters. The summed E-state index contributed by atoms with van der Waals surface area (Å²) in [7, 11) is -8.08. The van der Waals surface area contributed by atoms with Crippen molar-refractivity contribution in [2.75, 3.05) is 31.3 Å². The zero-order valence-corrected chi connectivity index (χ0v) is 37.8. The van der Waals surface area contributed by atoms with Crippen LogP contribution < -0.4 is 0 Å². The molecular weight excluding hydrogens is 753 g/mol. The zero-order chi connectivity index (χ0) is 42.0. The van der Waals surface area contributed by atoms with Crippen LogP contribution in [-0.2, 0) is 20.0 Å². The van der Waals surface area contributed by atoms with Gasteiger partial charge in [0, 0.05) is 51.9 Å². The van der Waals surface area contributed by atoms with Gasteiger partial charge in [-0.1, -0.05) is 154 Å². The van der Waals surface area contributed by atoms with Crippen molar-refractivity contribution in [2.24, 2.45) is 0 Å². The van der Waals surface area contributed by atoms with Crippen LogP contribution in [0.15, 0.2) is 0 Å². The summed E-state index contributed by atoms with van der Waals surface area (Å²) in [5.41, 5.74) is 0. The van der Waals surface area contributed by atoms with Gasteiger partial charge >= 0.3 is 0 Å². The summed E-state index contributed by atoms with van der Waals surface area (Å²) in [4.78, 5) is 0. The fourth-order valence-corrected chi connectivity index (χ4v) is 11.7. The van der Waals surface area contributed by atoms with Crippen molar-refractivity contribution in [3.05, 3.63) is 0 Å². The van der Waals surface area contributed by atoms with E-state index < -0.39 is 25.1 Å². The maximum absolute atomic E-state index is 14.0. The van der Waals surface area contributed by atoms with Crippen molar-refractivity contribution in [1.29, 1.82) is 21.0 Å². The van der Waals surface area contributed by atoms with Crippen molar-refractivity contribution in [1.82, 2.24) is 8.61 Å². The van der Waals surface area contributed by atoms with Crippen molar-refractivity contribution in [3.8, 4) is 24.3 Å². The Hall–Kier alpha value is -2.22. The average Bonchev–Trinajstić information content (AvgIpc) is 3.18. The third kappa shape index (κ3) is 35.4. The fraction of sp³-hybridized carbons (Fsp3) is 0.911. The molecule has 0 aromatic heterocycles. The predicted octanol–water partition coefficient (Wildman–Crippen LogP) is 12.3. The Morgan fingerprint density at radius 2 is 0.421 bits per heavy atom. The Balaban J connectivity index is 5.32. The number of hydrogen-bond acceptors (Lipinski definition) is 8. The van der Waals surface area contributed by atoms with Crippen LogP contribution in [0.4, 0.5) is 0 Å². The Labute approximate surface area is 351 Å². The normalized spacial score (nSPS) is 11.8. The second-order valence-electron chi connectivity index (χ2n) is 16.1. The molecule has 0 aliphatic heterocycles. The molecule has 0 radical (unpaired) electrons. The van der Waals surface area contributed by atoms with Crippen molar-refractivity contribution in [2.45, 2.75) is 231 Å². The van der Waals surface area contributed by atoms with Crippen LogP contribution >= 0.6 is 0 Å². The van der Waals surface area contributed by atoms with Gasteiger partial charge in [0.25, 0.3) is 0 Å². The molecule has 0 N–H and O–H groups in total. The SMILES string of the molecule is N#CCCCCCCCCCCN(CCCCCCCCCCC#N)S(=O)(=O)CS(=O)(=O)N(CCCCCCCCCCC#N)CCCCCCCCCCC#N. The first-order valence-corrected chi connectivity index (χ1v) is 26.4. The van der Waals surface area contributed by atoms with Crippen LogP contribution in [0, 0.1) is 45.3 Å². The first-order valence-electron chi connectivity index (χ1n) is 23.2. The van der Waals surface area contributed by atoms with Gasteiger partial charge in [-0.05, 0) is 51.4 Å². The molecule has 0 amide bonds. The molecule has 0 saturated heterocycles. The summed E-state index contributed by atoms with van der Waals surface area (Å²) in [5, 5.41) is 34.0. The molecule has 12 heteroatoms. The third-order valence-electron chi connectivity index (χ3n) is 10.9. The predicted molar refractivity (Wildman–Crippen MR) is 235 cm³/mol. The van der Waals surface area contributed by atoms with Gasteiger partial charge in [0.15, 0.2) is 5.08 Å². The van der Waals surface area contributed by atoms with Gasteiger partial charge in [0.05, 0.1) is 24.3 Å². The number of rotatable bonds is 44. The van der Waals surface area contributed by atoms with E-state index >= 15 is 0 Å². The van der Waals surface area contributed by atoms with E-state index in [1.165, 1.54) is 8.61 Å². The highest BCUT2D eigenvalue weighted by Gasteiger charge is 2.32. The van der Waals surface area contributed by atoms with E-state index in [4.69, 9.17) is 21.0 Å². The van der Waals surface area contributed by atoms with Crippen LogP contribution in [0.25, 0.3) is 0 Å². The summed E-state index contributed by atoms with van der Waals surface area (Å²) in [6, 6.07) is 8.78. The summed E-state index contributed by atoms with van der Waals surface area (Å²) in [6.45, 7) is 1.41. The molecular formula is C45H82N6O4S2. The number of sulfonamides is 2. The summed E-state index contributed by atoms with van der Waals surface area (Å²) >= 11 is 0. The van der Waals surface area contributed by atoms with Crippen LogP contribution in [-0.4, -0.2) is 56.7 Å². The lowest BCUT2D eigenvalue weighted by molar-refractivity contribution is 0.376. The molecule has 0 spiro atoms. The van der Waals surface area contributed by atoms with E-state index in [-0.39, 0.29) is 0 Å². The minimum atomic E-state index is -4.04. The molecule has 0 atom stereocenters. The molecule has 0 rings (SSSR count). The van der Waals surface area contributed by atoms with Crippen LogP contribution in [0.3, 0.4) is 0 Å². The first kappa shape index (κ1) is 54.8. The van der Waals surface area contributed by atoms with Gasteiger partial charge in [-0.2, -0.15) is 21.0 Å². The average molecular weight is 835 g/mol. The highest BCUT2D eigenvalue weighted by Crippen LogP contribution is 2.19. The van der Waals surface area contributed by atoms with Crippen LogP contribution in [0.5, 0.6) is 0 Å². The monoisotopic (exact) mass is 835 g/mol. The lowest BCUT2D eigenvalue weighted by Crippen LogP contribution is -2.42. The minimum Gasteiger partial charge on any atom is -0.211 e. The summed E-state index contributed by atoms with van der Waals surface area (Å²) < 4.78 is 58.8. The Bertz CT molecular complexity index is 1150. The Morgan fingerprint density at radius 1 is 0.263 bits per heavy atom. The van der Waals surface area contributed by atoms with Gasteiger partial charge in [0.1, 0.15) is 0 Å². The van der Waals surface area contributed by atoms with E-state index in [1.54, 1.807) is 0 Å². The van der Waals surface area contributed by atoms with Crippen molar-refractivity contribution < 1.29 is 16.8 Å². The van der Waals surface area contributed by atoms with E-state index in [9.17, 15) is 16.8 Å². The quantitative estimate of drug-likeness (QED) is 0.0546. The van der Waals surface area contributed by atoms with Crippen molar-refractivity contribution in [3.63, 3.8) is 0 Å². The molecule has 0 aliphatic carbocycles. The fourth-order valence-electron chi connectivity index (χ4n) is 7.33. The standard InChI is InChI=1S/C45H82N6O4S2/c46-37-29-21-13-5-1-9-17-25-33-41-50(42-34-26-18-10-2-6-14-22-30-38-47)56(52,53)45-57(54,55)51(43-35-27-19-11-3-7-15-23-31-39-48)44-36-28-20-12-4-8-16-24-32-40-49/h1-36,41-45H2. The molecule has 0 aliphatic rings. The molecule has 0 aromatic carbocycles. The number of hydrogen-bond donors (Lipinski definition) is 0. The molecule has 0 saturated carbocycles. The first-order chi connectivity index (χ1) is 27.7. The van der Waals surface area contributed by atoms with E-state index in [2.05, 4.69) is 24.3 Å². The third-order valence-corrected chi connectivity index (χ3v) is 15.6. The van der Waals surface area contributed by atoms with E-state index in [0.29, 0.717) is 51.9 Å².